The van der Waals surface area contributed by atoms with Crippen LogP contribution in [0.15, 0.2) is 67.0 Å². The van der Waals surface area contributed by atoms with Gasteiger partial charge in [0.2, 0.25) is 0 Å². The Kier molecular flexibility index (Phi) is 4.49. The predicted octanol–water partition coefficient (Wildman–Crippen LogP) is 3.40. The van der Waals surface area contributed by atoms with E-state index in [0.717, 1.165) is 17.0 Å². The van der Waals surface area contributed by atoms with E-state index in [0.29, 0.717) is 5.69 Å². The molecule has 1 amide bonds. The Hall–Kier alpha value is -2.92. The Morgan fingerprint density at radius 3 is 2.70 bits per heavy atom. The van der Waals surface area contributed by atoms with E-state index in [1.807, 2.05) is 54.6 Å². The quantitative estimate of drug-likeness (QED) is 0.759. The van der Waals surface area contributed by atoms with Gasteiger partial charge in [-0.3, -0.25) is 4.79 Å². The van der Waals surface area contributed by atoms with E-state index in [1.54, 1.807) is 12.4 Å². The average molecular weight is 307 g/mol. The van der Waals surface area contributed by atoms with Crippen molar-refractivity contribution in [2.24, 2.45) is 0 Å². The molecule has 5 nitrogen and oxygen atoms in total. The molecule has 0 saturated heterocycles. The molecule has 3 rings (SSSR count). The minimum absolute atomic E-state index is 0.213. The number of H-pyrrole nitrogens is 1. The summed E-state index contributed by atoms with van der Waals surface area (Å²) in [5.74, 6) is 0.544. The lowest BCUT2D eigenvalue weighted by Gasteiger charge is -2.16. The molecule has 1 aromatic heterocycles. The summed E-state index contributed by atoms with van der Waals surface area (Å²) in [6, 6.07) is 16.9. The maximum absolute atomic E-state index is 12.5. The van der Waals surface area contributed by atoms with E-state index < -0.39 is 6.10 Å². The number of aromatic nitrogens is 2. The van der Waals surface area contributed by atoms with E-state index in [4.69, 9.17) is 4.74 Å². The largest absolute Gasteiger partial charge is 0.367 e. The van der Waals surface area contributed by atoms with Crippen LogP contribution in [0.3, 0.4) is 0 Å². The second kappa shape index (κ2) is 6.89. The van der Waals surface area contributed by atoms with Crippen LogP contribution in [0.5, 0.6) is 0 Å². The first-order valence-corrected chi connectivity index (χ1v) is 7.26. The van der Waals surface area contributed by atoms with Gasteiger partial charge in [0.1, 0.15) is 5.82 Å². The Morgan fingerprint density at radius 1 is 1.17 bits per heavy atom. The van der Waals surface area contributed by atoms with Gasteiger partial charge in [-0.25, -0.2) is 4.98 Å². The van der Waals surface area contributed by atoms with Crippen molar-refractivity contribution in [1.82, 2.24) is 9.97 Å². The average Bonchev–Trinajstić information content (AvgIpc) is 3.11. The zero-order chi connectivity index (χ0) is 16.1. The SMILES string of the molecule is CO[C@@H](C(=O)Nc1cccc(-c2ncc[nH]2)c1)c1ccccc1. The molecular weight excluding hydrogens is 290 g/mol. The van der Waals surface area contributed by atoms with E-state index in [2.05, 4.69) is 15.3 Å². The second-order valence-electron chi connectivity index (χ2n) is 5.03. The number of hydrogen-bond acceptors (Lipinski definition) is 3. The summed E-state index contributed by atoms with van der Waals surface area (Å²) in [6.45, 7) is 0. The van der Waals surface area contributed by atoms with E-state index >= 15 is 0 Å². The number of anilines is 1. The summed E-state index contributed by atoms with van der Waals surface area (Å²) in [5, 5.41) is 2.89. The molecule has 1 heterocycles. The van der Waals surface area contributed by atoms with Crippen molar-refractivity contribution in [3.05, 3.63) is 72.6 Å². The monoisotopic (exact) mass is 307 g/mol. The van der Waals surface area contributed by atoms with Crippen molar-refractivity contribution >= 4 is 11.6 Å². The van der Waals surface area contributed by atoms with Gasteiger partial charge >= 0.3 is 0 Å². The van der Waals surface area contributed by atoms with Gasteiger partial charge in [-0.1, -0.05) is 42.5 Å². The number of methoxy groups -OCH3 is 1. The molecule has 0 aliphatic heterocycles. The fourth-order valence-electron chi connectivity index (χ4n) is 2.40. The highest BCUT2D eigenvalue weighted by molar-refractivity contribution is 5.95. The summed E-state index contributed by atoms with van der Waals surface area (Å²) in [5.41, 5.74) is 2.41. The van der Waals surface area contributed by atoms with Gasteiger partial charge in [-0.05, 0) is 17.7 Å². The summed E-state index contributed by atoms with van der Waals surface area (Å²) in [6.07, 6.45) is 2.80. The molecular formula is C18H17N3O2. The zero-order valence-electron chi connectivity index (χ0n) is 12.7. The minimum atomic E-state index is -0.650. The Balaban J connectivity index is 1.78. The summed E-state index contributed by atoms with van der Waals surface area (Å²) < 4.78 is 5.34. The first kappa shape index (κ1) is 15.0. The van der Waals surface area contributed by atoms with Crippen LogP contribution in [-0.4, -0.2) is 23.0 Å². The van der Waals surface area contributed by atoms with Gasteiger partial charge in [0.15, 0.2) is 6.10 Å². The number of benzene rings is 2. The second-order valence-corrected chi connectivity index (χ2v) is 5.03. The lowest BCUT2D eigenvalue weighted by atomic mass is 10.1. The number of nitrogens with one attached hydrogen (secondary N) is 2. The van der Waals surface area contributed by atoms with Crippen molar-refractivity contribution < 1.29 is 9.53 Å². The molecule has 0 unspecified atom stereocenters. The number of imidazole rings is 1. The molecule has 0 radical (unpaired) electrons. The molecule has 0 bridgehead atoms. The fraction of sp³-hybridized carbons (Fsp3) is 0.111. The summed E-state index contributed by atoms with van der Waals surface area (Å²) >= 11 is 0. The number of carbonyl (C=O) groups excluding carboxylic acids is 1. The maximum Gasteiger partial charge on any atom is 0.258 e. The molecule has 116 valence electrons. The van der Waals surface area contributed by atoms with E-state index in [-0.39, 0.29) is 5.91 Å². The fourth-order valence-corrected chi connectivity index (χ4v) is 2.40. The number of carbonyl (C=O) groups is 1. The standard InChI is InChI=1S/C18H17N3O2/c1-23-16(13-6-3-2-4-7-13)18(22)21-15-9-5-8-14(12-15)17-19-10-11-20-17/h2-12,16H,1H3,(H,19,20)(H,21,22)/t16-/m1/s1. The number of ether oxygens (including phenoxy) is 1. The number of hydrogen-bond donors (Lipinski definition) is 2. The topological polar surface area (TPSA) is 67.0 Å². The maximum atomic E-state index is 12.5. The van der Waals surface area contributed by atoms with Crippen LogP contribution in [0.4, 0.5) is 5.69 Å². The number of aromatic amines is 1. The van der Waals surface area contributed by atoms with Gasteiger partial charge in [0.25, 0.3) is 5.91 Å². The van der Waals surface area contributed by atoms with Crippen LogP contribution in [0.25, 0.3) is 11.4 Å². The van der Waals surface area contributed by atoms with Crippen molar-refractivity contribution in [3.8, 4) is 11.4 Å². The smallest absolute Gasteiger partial charge is 0.258 e. The van der Waals surface area contributed by atoms with Gasteiger partial charge in [-0.15, -0.1) is 0 Å². The van der Waals surface area contributed by atoms with Gasteiger partial charge in [0, 0.05) is 30.8 Å². The molecule has 0 aliphatic rings. The summed E-state index contributed by atoms with van der Waals surface area (Å²) in [7, 11) is 1.52. The molecule has 5 heteroatoms. The van der Waals surface area contributed by atoms with Crippen molar-refractivity contribution in [3.63, 3.8) is 0 Å². The lowest BCUT2D eigenvalue weighted by molar-refractivity contribution is -0.126. The molecule has 2 aromatic carbocycles. The van der Waals surface area contributed by atoms with E-state index in [1.165, 1.54) is 7.11 Å². The van der Waals surface area contributed by atoms with Gasteiger partial charge in [-0.2, -0.15) is 0 Å². The molecule has 2 N–H and O–H groups in total. The molecule has 0 saturated carbocycles. The first-order chi connectivity index (χ1) is 11.3. The number of rotatable bonds is 5. The predicted molar refractivity (Wildman–Crippen MR) is 88.8 cm³/mol. The van der Waals surface area contributed by atoms with Crippen molar-refractivity contribution in [1.29, 1.82) is 0 Å². The molecule has 3 aromatic rings. The van der Waals surface area contributed by atoms with Crippen molar-refractivity contribution in [2.45, 2.75) is 6.10 Å². The Labute approximate surface area is 134 Å². The molecule has 1 atom stereocenters. The minimum Gasteiger partial charge on any atom is -0.367 e. The summed E-state index contributed by atoms with van der Waals surface area (Å²) in [4.78, 5) is 19.7. The third-order valence-electron chi connectivity index (χ3n) is 3.48. The van der Waals surface area contributed by atoms with Crippen LogP contribution in [0, 0.1) is 0 Å². The van der Waals surface area contributed by atoms with Crippen LogP contribution in [0.2, 0.25) is 0 Å². The van der Waals surface area contributed by atoms with Crippen LogP contribution >= 0.6 is 0 Å². The molecule has 0 aliphatic carbocycles. The van der Waals surface area contributed by atoms with Crippen LogP contribution < -0.4 is 5.32 Å². The Bertz CT molecular complexity index is 770. The third kappa shape index (κ3) is 3.46. The van der Waals surface area contributed by atoms with Gasteiger partial charge < -0.3 is 15.0 Å². The number of amides is 1. The van der Waals surface area contributed by atoms with Crippen LogP contribution in [-0.2, 0) is 9.53 Å². The highest BCUT2D eigenvalue weighted by Crippen LogP contribution is 2.22. The molecule has 0 spiro atoms. The first-order valence-electron chi connectivity index (χ1n) is 7.26. The third-order valence-corrected chi connectivity index (χ3v) is 3.48. The normalized spacial score (nSPS) is 11.9. The van der Waals surface area contributed by atoms with Gasteiger partial charge in [0.05, 0.1) is 0 Å². The lowest BCUT2D eigenvalue weighted by Crippen LogP contribution is -2.22. The zero-order valence-corrected chi connectivity index (χ0v) is 12.7. The highest BCUT2D eigenvalue weighted by Gasteiger charge is 2.20. The van der Waals surface area contributed by atoms with E-state index in [9.17, 15) is 4.79 Å². The van der Waals surface area contributed by atoms with Crippen LogP contribution in [0.1, 0.15) is 11.7 Å². The molecule has 0 fully saturated rings. The highest BCUT2D eigenvalue weighted by atomic mass is 16.5. The Morgan fingerprint density at radius 2 is 2.00 bits per heavy atom. The number of nitrogens with zero attached hydrogens (tertiary/aromatic N) is 1. The van der Waals surface area contributed by atoms with Crippen molar-refractivity contribution in [2.75, 3.05) is 12.4 Å². The molecule has 23 heavy (non-hydrogen) atoms.